The van der Waals surface area contributed by atoms with Crippen molar-refractivity contribution in [2.75, 3.05) is 0 Å². The molecule has 0 atom stereocenters. The lowest BCUT2D eigenvalue weighted by molar-refractivity contribution is 0.308. The molecule has 1 heteroatoms. The Bertz CT molecular complexity index is 960. The molecule has 0 heterocycles. The van der Waals surface area contributed by atoms with Gasteiger partial charge in [0.25, 0.3) is 0 Å². The largest absolute Gasteiger partial charge is 0.206 e. The van der Waals surface area contributed by atoms with Crippen molar-refractivity contribution < 1.29 is 4.39 Å². The maximum absolute atomic E-state index is 15.0. The molecule has 0 aromatic heterocycles. The van der Waals surface area contributed by atoms with Gasteiger partial charge in [0.15, 0.2) is 0 Å². The Kier molecular flexibility index (Phi) is 7.22. The normalized spacial score (nSPS) is 18.8. The number of benzene rings is 3. The zero-order valence-corrected chi connectivity index (χ0v) is 19.0. The summed E-state index contributed by atoms with van der Waals surface area (Å²) in [6, 6.07) is 22.8. The van der Waals surface area contributed by atoms with Gasteiger partial charge in [0.1, 0.15) is 5.82 Å². The molecule has 3 aromatic carbocycles. The van der Waals surface area contributed by atoms with Crippen molar-refractivity contribution in [1.29, 1.82) is 0 Å². The predicted octanol–water partition coefficient (Wildman–Crippen LogP) is 9.19. The van der Waals surface area contributed by atoms with Crippen molar-refractivity contribution >= 4 is 0 Å². The monoisotopic (exact) mass is 414 g/mol. The highest BCUT2D eigenvalue weighted by molar-refractivity contribution is 5.71. The molecule has 0 aliphatic heterocycles. The zero-order valence-electron chi connectivity index (χ0n) is 19.0. The molecule has 3 aromatic rings. The molecule has 1 aliphatic carbocycles. The Morgan fingerprint density at radius 2 is 1.35 bits per heavy atom. The fraction of sp³-hybridized carbons (Fsp3) is 0.400. The highest BCUT2D eigenvalue weighted by Gasteiger charge is 2.21. The number of aryl methyl sites for hydroxylation is 1. The third-order valence-electron chi connectivity index (χ3n) is 7.03. The van der Waals surface area contributed by atoms with Gasteiger partial charge in [0.05, 0.1) is 0 Å². The summed E-state index contributed by atoms with van der Waals surface area (Å²) >= 11 is 0. The third kappa shape index (κ3) is 5.26. The zero-order chi connectivity index (χ0) is 21.6. The van der Waals surface area contributed by atoms with E-state index in [0.29, 0.717) is 11.5 Å². The van der Waals surface area contributed by atoms with Crippen LogP contribution in [0.25, 0.3) is 22.3 Å². The summed E-state index contributed by atoms with van der Waals surface area (Å²) in [5, 5.41) is 0. The summed E-state index contributed by atoms with van der Waals surface area (Å²) in [7, 11) is 0. The Morgan fingerprint density at radius 3 is 1.97 bits per heavy atom. The molecule has 1 aliphatic rings. The van der Waals surface area contributed by atoms with E-state index >= 15 is 0 Å². The average Bonchev–Trinajstić information content (AvgIpc) is 2.81. The molecule has 1 saturated carbocycles. The molecular formula is C30H35F. The van der Waals surface area contributed by atoms with Crippen molar-refractivity contribution in [3.63, 3.8) is 0 Å². The Balaban J connectivity index is 1.46. The highest BCUT2D eigenvalue weighted by atomic mass is 19.1. The van der Waals surface area contributed by atoms with Crippen LogP contribution in [0.5, 0.6) is 0 Å². The SMILES string of the molecule is CCCc1ccc(-c2ccc(-c3ccc(C4CCC(CCC)CC4)cc3)c(F)c2)cc1. The second-order valence-electron chi connectivity index (χ2n) is 9.27. The standard InChI is InChI=1S/C30H35F/c1-3-5-22-7-11-24(12-8-22)25-15-17-27(18-16-25)29-20-19-28(21-30(29)31)26-13-9-23(6-4-2)10-14-26/h9-10,13-22,24H,3-8,11-12H2,1-2H3. The second kappa shape index (κ2) is 10.3. The molecule has 0 spiro atoms. The van der Waals surface area contributed by atoms with Crippen LogP contribution in [0.15, 0.2) is 66.7 Å². The molecule has 162 valence electrons. The maximum atomic E-state index is 15.0. The van der Waals surface area contributed by atoms with Crippen LogP contribution in [0.3, 0.4) is 0 Å². The minimum Gasteiger partial charge on any atom is -0.206 e. The van der Waals surface area contributed by atoms with E-state index in [1.54, 1.807) is 6.07 Å². The first-order valence-corrected chi connectivity index (χ1v) is 12.2. The first-order valence-electron chi connectivity index (χ1n) is 12.2. The van der Waals surface area contributed by atoms with Crippen LogP contribution in [-0.4, -0.2) is 0 Å². The molecule has 0 saturated heterocycles. The first-order chi connectivity index (χ1) is 15.2. The van der Waals surface area contributed by atoms with Gasteiger partial charge < -0.3 is 0 Å². The van der Waals surface area contributed by atoms with Crippen molar-refractivity contribution in [1.82, 2.24) is 0 Å². The summed E-state index contributed by atoms with van der Waals surface area (Å²) in [5.41, 5.74) is 6.41. The molecular weight excluding hydrogens is 379 g/mol. The molecule has 31 heavy (non-hydrogen) atoms. The van der Waals surface area contributed by atoms with Crippen LogP contribution >= 0.6 is 0 Å². The number of hydrogen-bond acceptors (Lipinski definition) is 0. The minimum atomic E-state index is -0.150. The number of rotatable bonds is 7. The van der Waals surface area contributed by atoms with Gasteiger partial charge in [-0.25, -0.2) is 4.39 Å². The topological polar surface area (TPSA) is 0 Å². The summed E-state index contributed by atoms with van der Waals surface area (Å²) in [4.78, 5) is 0. The van der Waals surface area contributed by atoms with E-state index < -0.39 is 0 Å². The number of hydrogen-bond donors (Lipinski definition) is 0. The van der Waals surface area contributed by atoms with Crippen LogP contribution in [-0.2, 0) is 6.42 Å². The molecule has 1 fully saturated rings. The van der Waals surface area contributed by atoms with Gasteiger partial charge in [-0.3, -0.25) is 0 Å². The van der Waals surface area contributed by atoms with Gasteiger partial charge in [-0.2, -0.15) is 0 Å². The minimum absolute atomic E-state index is 0.150. The number of halogens is 1. The van der Waals surface area contributed by atoms with Crippen LogP contribution in [0.4, 0.5) is 4.39 Å². The molecule has 4 rings (SSSR count). The second-order valence-corrected chi connectivity index (χ2v) is 9.27. The van der Waals surface area contributed by atoms with Crippen molar-refractivity contribution in [2.45, 2.75) is 71.1 Å². The van der Waals surface area contributed by atoms with Crippen LogP contribution in [0, 0.1) is 11.7 Å². The van der Waals surface area contributed by atoms with Gasteiger partial charge in [-0.15, -0.1) is 0 Å². The molecule has 0 unspecified atom stereocenters. The summed E-state index contributed by atoms with van der Waals surface area (Å²) in [5.74, 6) is 1.45. The summed E-state index contributed by atoms with van der Waals surface area (Å²) in [6.07, 6.45) is 10.2. The van der Waals surface area contributed by atoms with Gasteiger partial charge >= 0.3 is 0 Å². The lowest BCUT2D eigenvalue weighted by Crippen LogP contribution is -2.13. The van der Waals surface area contributed by atoms with Crippen LogP contribution < -0.4 is 0 Å². The smallest absolute Gasteiger partial charge is 0.131 e. The molecule has 0 radical (unpaired) electrons. The molecule has 0 nitrogen and oxygen atoms in total. The Morgan fingerprint density at radius 1 is 0.710 bits per heavy atom. The van der Waals surface area contributed by atoms with E-state index in [2.05, 4.69) is 62.4 Å². The lowest BCUT2D eigenvalue weighted by Gasteiger charge is -2.28. The average molecular weight is 415 g/mol. The van der Waals surface area contributed by atoms with Crippen molar-refractivity contribution in [2.24, 2.45) is 5.92 Å². The molecule has 0 N–H and O–H groups in total. The highest BCUT2D eigenvalue weighted by Crippen LogP contribution is 2.38. The Hall–Kier alpha value is -2.41. The fourth-order valence-corrected chi connectivity index (χ4v) is 5.21. The van der Waals surface area contributed by atoms with Gasteiger partial charge in [-0.1, -0.05) is 93.8 Å². The third-order valence-corrected chi connectivity index (χ3v) is 7.03. The van der Waals surface area contributed by atoms with E-state index in [1.165, 1.54) is 49.7 Å². The van der Waals surface area contributed by atoms with E-state index in [9.17, 15) is 4.39 Å². The predicted molar refractivity (Wildman–Crippen MR) is 131 cm³/mol. The van der Waals surface area contributed by atoms with Crippen molar-refractivity contribution in [3.05, 3.63) is 83.7 Å². The first kappa shape index (κ1) is 21.8. The summed E-state index contributed by atoms with van der Waals surface area (Å²) < 4.78 is 15.0. The Labute approximate surface area is 187 Å². The molecule has 0 bridgehead atoms. The summed E-state index contributed by atoms with van der Waals surface area (Å²) in [6.45, 7) is 4.48. The lowest BCUT2D eigenvalue weighted by atomic mass is 9.77. The van der Waals surface area contributed by atoms with E-state index in [1.807, 2.05) is 12.1 Å². The fourth-order valence-electron chi connectivity index (χ4n) is 5.21. The van der Waals surface area contributed by atoms with Gasteiger partial charge in [-0.05, 0) is 77.8 Å². The van der Waals surface area contributed by atoms with E-state index in [4.69, 9.17) is 0 Å². The van der Waals surface area contributed by atoms with Crippen molar-refractivity contribution in [3.8, 4) is 22.3 Å². The van der Waals surface area contributed by atoms with Gasteiger partial charge in [0, 0.05) is 5.56 Å². The van der Waals surface area contributed by atoms with Crippen LogP contribution in [0.2, 0.25) is 0 Å². The quantitative estimate of drug-likeness (QED) is 0.361. The van der Waals surface area contributed by atoms with E-state index in [-0.39, 0.29) is 5.82 Å². The van der Waals surface area contributed by atoms with Gasteiger partial charge in [0.2, 0.25) is 0 Å². The maximum Gasteiger partial charge on any atom is 0.131 e. The van der Waals surface area contributed by atoms with Crippen LogP contribution in [0.1, 0.15) is 75.8 Å². The molecule has 0 amide bonds. The van der Waals surface area contributed by atoms with E-state index in [0.717, 1.165) is 35.4 Å².